The van der Waals surface area contributed by atoms with Crippen molar-refractivity contribution in [3.63, 3.8) is 0 Å². The van der Waals surface area contributed by atoms with Gasteiger partial charge in [-0.2, -0.15) is 26.3 Å². The maximum Gasteiger partial charge on any atom is 0.416 e. The second kappa shape index (κ2) is 10.8. The van der Waals surface area contributed by atoms with Crippen molar-refractivity contribution < 1.29 is 40.3 Å². The van der Waals surface area contributed by atoms with E-state index in [0.29, 0.717) is 37.9 Å². The minimum Gasteiger partial charge on any atom is -0.373 e. The molecule has 11 heteroatoms. The number of carbonyl (C=O) groups excluding carboxylic acids is 1. The number of ether oxygens (including phenoxy) is 1. The maximum absolute atomic E-state index is 13.7. The van der Waals surface area contributed by atoms with Crippen LogP contribution in [-0.4, -0.2) is 43.6 Å². The molecule has 208 valence electrons. The van der Waals surface area contributed by atoms with E-state index in [1.54, 1.807) is 12.1 Å². The lowest BCUT2D eigenvalue weighted by atomic mass is 9.81. The van der Waals surface area contributed by atoms with Gasteiger partial charge in [-0.3, -0.25) is 4.79 Å². The van der Waals surface area contributed by atoms with E-state index in [1.807, 2.05) is 19.0 Å². The molecule has 0 radical (unpaired) electrons. The average Bonchev–Trinajstić information content (AvgIpc) is 3.40. The molecule has 1 saturated heterocycles. The molecule has 2 aromatic carbocycles. The Morgan fingerprint density at radius 2 is 1.55 bits per heavy atom. The standard InChI is InChI=1S/C27H29F7N2O2/c1-36(2)13-17-11-22(35-25(17)37)21-7-8-23(24(21)16-3-5-20(28)6-4-16)38-14-15-9-18(26(29,30)31)12-19(10-15)27(32,33)34/h3-6,9-10,12,17,21-24H,7-8,11,13-14H2,1-2H3,(H,35,37)/t17-,21-,22?,23-,24?/m0/s1. The number of benzene rings is 2. The molecule has 5 atom stereocenters. The lowest BCUT2D eigenvalue weighted by Gasteiger charge is -2.29. The topological polar surface area (TPSA) is 41.6 Å². The van der Waals surface area contributed by atoms with Gasteiger partial charge in [-0.05, 0) is 80.7 Å². The zero-order chi connectivity index (χ0) is 27.8. The van der Waals surface area contributed by atoms with Gasteiger partial charge in [0.15, 0.2) is 0 Å². The van der Waals surface area contributed by atoms with Crippen LogP contribution in [0.25, 0.3) is 0 Å². The van der Waals surface area contributed by atoms with Gasteiger partial charge < -0.3 is 15.0 Å². The van der Waals surface area contributed by atoms with Gasteiger partial charge in [0.25, 0.3) is 0 Å². The van der Waals surface area contributed by atoms with E-state index in [1.165, 1.54) is 12.1 Å². The first-order valence-corrected chi connectivity index (χ1v) is 12.3. The molecule has 1 heterocycles. The van der Waals surface area contributed by atoms with Gasteiger partial charge in [0.05, 0.1) is 29.8 Å². The number of hydrogen-bond acceptors (Lipinski definition) is 3. The summed E-state index contributed by atoms with van der Waals surface area (Å²) in [5.74, 6) is -1.12. The summed E-state index contributed by atoms with van der Waals surface area (Å²) < 4.78 is 99.3. The minimum atomic E-state index is -4.95. The van der Waals surface area contributed by atoms with Crippen LogP contribution in [0.4, 0.5) is 30.7 Å². The van der Waals surface area contributed by atoms with Crippen molar-refractivity contribution in [2.24, 2.45) is 11.8 Å². The van der Waals surface area contributed by atoms with Crippen molar-refractivity contribution in [2.75, 3.05) is 20.6 Å². The Labute approximate surface area is 216 Å². The SMILES string of the molecule is CN(C)C[C@@H]1CC([C@@H]2CC[C@H](OCc3cc(C(F)(F)F)cc(C(F)(F)F)c3)C2c2ccc(F)cc2)NC1=O. The third-order valence-corrected chi connectivity index (χ3v) is 7.35. The van der Waals surface area contributed by atoms with Crippen molar-refractivity contribution in [1.82, 2.24) is 10.2 Å². The van der Waals surface area contributed by atoms with Gasteiger partial charge >= 0.3 is 12.4 Å². The van der Waals surface area contributed by atoms with E-state index in [0.717, 1.165) is 5.56 Å². The van der Waals surface area contributed by atoms with Crippen LogP contribution >= 0.6 is 0 Å². The Balaban J connectivity index is 1.58. The fourth-order valence-electron chi connectivity index (χ4n) is 5.74. The summed E-state index contributed by atoms with van der Waals surface area (Å²) in [5, 5.41) is 3.06. The second-order valence-electron chi connectivity index (χ2n) is 10.4. The molecule has 1 amide bonds. The van der Waals surface area contributed by atoms with Crippen molar-refractivity contribution >= 4 is 5.91 Å². The number of halogens is 7. The van der Waals surface area contributed by atoms with Crippen LogP contribution in [0.2, 0.25) is 0 Å². The molecule has 2 fully saturated rings. The fraction of sp³-hybridized carbons (Fsp3) is 0.519. The highest BCUT2D eigenvalue weighted by Gasteiger charge is 2.46. The van der Waals surface area contributed by atoms with Crippen LogP contribution in [-0.2, 0) is 28.5 Å². The maximum atomic E-state index is 13.7. The Morgan fingerprint density at radius 3 is 2.11 bits per heavy atom. The zero-order valence-corrected chi connectivity index (χ0v) is 20.9. The van der Waals surface area contributed by atoms with Crippen LogP contribution in [0.3, 0.4) is 0 Å². The third kappa shape index (κ3) is 6.48. The molecule has 1 N–H and O–H groups in total. The second-order valence-corrected chi connectivity index (χ2v) is 10.4. The summed E-state index contributed by atoms with van der Waals surface area (Å²) >= 11 is 0. The molecule has 4 rings (SSSR count). The molecule has 0 spiro atoms. The van der Waals surface area contributed by atoms with Crippen molar-refractivity contribution in [2.45, 2.75) is 56.3 Å². The summed E-state index contributed by atoms with van der Waals surface area (Å²) in [6, 6.07) is 7.04. The Hall–Kier alpha value is -2.66. The molecule has 2 aliphatic rings. The Bertz CT molecular complexity index is 1100. The minimum absolute atomic E-state index is 0.0606. The lowest BCUT2D eigenvalue weighted by Crippen LogP contribution is -2.36. The quantitative estimate of drug-likeness (QED) is 0.433. The highest BCUT2D eigenvalue weighted by Crippen LogP contribution is 2.46. The highest BCUT2D eigenvalue weighted by molar-refractivity contribution is 5.81. The van der Waals surface area contributed by atoms with Gasteiger partial charge in [0, 0.05) is 18.5 Å². The molecule has 4 nitrogen and oxygen atoms in total. The molecule has 38 heavy (non-hydrogen) atoms. The number of nitrogens with zero attached hydrogens (tertiary/aromatic N) is 1. The van der Waals surface area contributed by atoms with Gasteiger partial charge in [-0.1, -0.05) is 12.1 Å². The molecule has 0 bridgehead atoms. The molecule has 1 aliphatic carbocycles. The molecular formula is C27H29F7N2O2. The van der Waals surface area contributed by atoms with Crippen LogP contribution < -0.4 is 5.32 Å². The van der Waals surface area contributed by atoms with Crippen molar-refractivity contribution in [3.05, 3.63) is 70.5 Å². The summed E-state index contributed by atoms with van der Waals surface area (Å²) in [5.41, 5.74) is -2.30. The fourth-order valence-corrected chi connectivity index (χ4v) is 5.74. The van der Waals surface area contributed by atoms with Crippen molar-refractivity contribution in [1.29, 1.82) is 0 Å². The Kier molecular flexibility index (Phi) is 8.09. The van der Waals surface area contributed by atoms with Crippen LogP contribution in [0.1, 0.15) is 47.4 Å². The summed E-state index contributed by atoms with van der Waals surface area (Å²) in [6.07, 6.45) is -8.73. The summed E-state index contributed by atoms with van der Waals surface area (Å²) in [6.45, 7) is 0.121. The summed E-state index contributed by atoms with van der Waals surface area (Å²) in [7, 11) is 3.75. The largest absolute Gasteiger partial charge is 0.416 e. The molecule has 1 aliphatic heterocycles. The number of carbonyl (C=O) groups is 1. The van der Waals surface area contributed by atoms with Crippen LogP contribution in [0.5, 0.6) is 0 Å². The lowest BCUT2D eigenvalue weighted by molar-refractivity contribution is -0.143. The van der Waals surface area contributed by atoms with Gasteiger partial charge in [0.1, 0.15) is 5.82 Å². The smallest absolute Gasteiger partial charge is 0.373 e. The first-order valence-electron chi connectivity index (χ1n) is 12.3. The summed E-state index contributed by atoms with van der Waals surface area (Å²) in [4.78, 5) is 14.5. The molecule has 2 aromatic rings. The first kappa shape index (κ1) is 28.4. The van der Waals surface area contributed by atoms with Gasteiger partial charge in [-0.25, -0.2) is 4.39 Å². The van der Waals surface area contributed by atoms with Gasteiger partial charge in [0.2, 0.25) is 5.91 Å². The molecule has 0 aromatic heterocycles. The number of rotatable bonds is 7. The normalized spacial score (nSPS) is 26.3. The zero-order valence-electron chi connectivity index (χ0n) is 20.9. The molecular weight excluding hydrogens is 517 g/mol. The number of nitrogens with one attached hydrogen (secondary N) is 1. The van der Waals surface area contributed by atoms with E-state index in [9.17, 15) is 35.5 Å². The van der Waals surface area contributed by atoms with E-state index >= 15 is 0 Å². The first-order chi connectivity index (χ1) is 17.7. The highest BCUT2D eigenvalue weighted by atomic mass is 19.4. The van der Waals surface area contributed by atoms with Crippen LogP contribution in [0.15, 0.2) is 42.5 Å². The van der Waals surface area contributed by atoms with E-state index in [2.05, 4.69) is 5.32 Å². The van der Waals surface area contributed by atoms with Gasteiger partial charge in [-0.15, -0.1) is 0 Å². The number of hydrogen-bond donors (Lipinski definition) is 1. The molecule has 1 saturated carbocycles. The third-order valence-electron chi connectivity index (χ3n) is 7.35. The predicted octanol–water partition coefficient (Wildman–Crippen LogP) is 6.01. The monoisotopic (exact) mass is 546 g/mol. The predicted molar refractivity (Wildman–Crippen MR) is 125 cm³/mol. The number of amides is 1. The van der Waals surface area contributed by atoms with E-state index in [-0.39, 0.29) is 41.3 Å². The van der Waals surface area contributed by atoms with Crippen molar-refractivity contribution in [3.8, 4) is 0 Å². The van der Waals surface area contributed by atoms with Crippen LogP contribution in [0, 0.1) is 17.7 Å². The van der Waals surface area contributed by atoms with E-state index < -0.39 is 42.0 Å². The molecule has 2 unspecified atom stereocenters. The average molecular weight is 547 g/mol. The van der Waals surface area contributed by atoms with E-state index in [4.69, 9.17) is 4.74 Å². The number of alkyl halides is 6. The Morgan fingerprint density at radius 1 is 0.947 bits per heavy atom.